The molecule has 0 aliphatic heterocycles. The number of carbonyl (C=O) groups is 1. The molecule has 4 aromatic rings. The van der Waals surface area contributed by atoms with E-state index >= 15 is 0 Å². The molecule has 0 aliphatic carbocycles. The van der Waals surface area contributed by atoms with Crippen molar-refractivity contribution in [3.63, 3.8) is 0 Å². The summed E-state index contributed by atoms with van der Waals surface area (Å²) in [7, 11) is 1.77. The average molecular weight is 447 g/mol. The molecule has 0 spiro atoms. The fourth-order valence-electron chi connectivity index (χ4n) is 3.36. The minimum absolute atomic E-state index is 0.0289. The van der Waals surface area contributed by atoms with E-state index in [9.17, 15) is 9.18 Å². The molecule has 0 radical (unpaired) electrons. The molecule has 0 bridgehead atoms. The number of halogens is 1. The molecule has 3 aromatic carbocycles. The molecule has 32 heavy (non-hydrogen) atoms. The Morgan fingerprint density at radius 1 is 0.969 bits per heavy atom. The lowest BCUT2D eigenvalue weighted by Crippen LogP contribution is -2.33. The van der Waals surface area contributed by atoms with E-state index in [2.05, 4.69) is 10.2 Å². The number of hydrogen-bond acceptors (Lipinski definition) is 4. The van der Waals surface area contributed by atoms with Crippen molar-refractivity contribution < 1.29 is 9.18 Å². The van der Waals surface area contributed by atoms with Gasteiger partial charge in [-0.25, -0.2) is 4.39 Å². The smallest absolute Gasteiger partial charge is 0.240 e. The molecule has 4 rings (SSSR count). The summed E-state index contributed by atoms with van der Waals surface area (Å²) in [6.07, 6.45) is 0. The van der Waals surface area contributed by atoms with Crippen LogP contribution < -0.4 is 4.90 Å². The minimum atomic E-state index is -0.375. The molecule has 0 aliphatic rings. The van der Waals surface area contributed by atoms with Crippen LogP contribution in [-0.4, -0.2) is 33.0 Å². The molecular weight excluding hydrogens is 423 g/mol. The lowest BCUT2D eigenvalue weighted by molar-refractivity contribution is -0.117. The van der Waals surface area contributed by atoms with Crippen molar-refractivity contribution in [1.29, 1.82) is 0 Å². The third kappa shape index (κ3) is 4.89. The first-order chi connectivity index (χ1) is 15.5. The van der Waals surface area contributed by atoms with E-state index in [1.54, 1.807) is 24.1 Å². The summed E-state index contributed by atoms with van der Waals surface area (Å²) in [5, 5.41) is 9.01. The van der Waals surface area contributed by atoms with Gasteiger partial charge in [-0.15, -0.1) is 10.2 Å². The van der Waals surface area contributed by atoms with Gasteiger partial charge in [-0.2, -0.15) is 0 Å². The lowest BCUT2D eigenvalue weighted by Gasteiger charge is -2.21. The number of anilines is 1. The highest BCUT2D eigenvalue weighted by Crippen LogP contribution is 2.29. The van der Waals surface area contributed by atoms with E-state index in [4.69, 9.17) is 0 Å². The summed E-state index contributed by atoms with van der Waals surface area (Å²) in [5.74, 6) is 0.298. The van der Waals surface area contributed by atoms with Crippen molar-refractivity contribution >= 4 is 23.4 Å². The SMILES string of the molecule is CC(Sc1nnc(-c2ccc(F)cc2)n1Cc1ccccc1)C(=O)N(C)c1ccccc1. The summed E-state index contributed by atoms with van der Waals surface area (Å²) in [6, 6.07) is 25.7. The van der Waals surface area contributed by atoms with E-state index in [1.165, 1.54) is 23.9 Å². The Balaban J connectivity index is 1.62. The van der Waals surface area contributed by atoms with Gasteiger partial charge in [-0.05, 0) is 48.9 Å². The summed E-state index contributed by atoms with van der Waals surface area (Å²) in [6.45, 7) is 2.41. The van der Waals surface area contributed by atoms with Crippen molar-refractivity contribution in [2.45, 2.75) is 23.9 Å². The molecule has 1 amide bonds. The maximum absolute atomic E-state index is 13.4. The Kier molecular flexibility index (Phi) is 6.66. The fraction of sp³-hybridized carbons (Fsp3) is 0.160. The highest BCUT2D eigenvalue weighted by Gasteiger charge is 2.24. The number of benzene rings is 3. The Morgan fingerprint density at radius 3 is 2.25 bits per heavy atom. The Hall–Kier alpha value is -3.45. The number of carbonyl (C=O) groups excluding carboxylic acids is 1. The zero-order valence-electron chi connectivity index (χ0n) is 17.9. The second-order valence-electron chi connectivity index (χ2n) is 7.38. The van der Waals surface area contributed by atoms with Crippen molar-refractivity contribution in [2.75, 3.05) is 11.9 Å². The van der Waals surface area contributed by atoms with Gasteiger partial charge in [0.15, 0.2) is 11.0 Å². The molecule has 0 saturated heterocycles. The average Bonchev–Trinajstić information content (AvgIpc) is 3.21. The van der Waals surface area contributed by atoms with Crippen LogP contribution in [0.4, 0.5) is 10.1 Å². The summed E-state index contributed by atoms with van der Waals surface area (Å²) < 4.78 is 15.4. The van der Waals surface area contributed by atoms with Crippen LogP contribution in [0.1, 0.15) is 12.5 Å². The first-order valence-corrected chi connectivity index (χ1v) is 11.1. The predicted molar refractivity (Wildman–Crippen MR) is 126 cm³/mol. The minimum Gasteiger partial charge on any atom is -0.315 e. The number of rotatable bonds is 7. The highest BCUT2D eigenvalue weighted by atomic mass is 32.2. The monoisotopic (exact) mass is 446 g/mol. The second kappa shape index (κ2) is 9.78. The highest BCUT2D eigenvalue weighted by molar-refractivity contribution is 8.00. The van der Waals surface area contributed by atoms with Gasteiger partial charge in [-0.3, -0.25) is 9.36 Å². The van der Waals surface area contributed by atoms with Crippen LogP contribution in [0.2, 0.25) is 0 Å². The molecule has 7 heteroatoms. The van der Waals surface area contributed by atoms with Crippen LogP contribution in [0.25, 0.3) is 11.4 Å². The molecule has 1 heterocycles. The molecule has 0 saturated carbocycles. The van der Waals surface area contributed by atoms with Gasteiger partial charge >= 0.3 is 0 Å². The van der Waals surface area contributed by atoms with Gasteiger partial charge in [0.2, 0.25) is 5.91 Å². The number of nitrogens with zero attached hydrogens (tertiary/aromatic N) is 4. The second-order valence-corrected chi connectivity index (χ2v) is 8.69. The van der Waals surface area contributed by atoms with Crippen molar-refractivity contribution in [3.8, 4) is 11.4 Å². The Morgan fingerprint density at radius 2 is 1.59 bits per heavy atom. The van der Waals surface area contributed by atoms with Crippen LogP contribution >= 0.6 is 11.8 Å². The summed E-state index contributed by atoms with van der Waals surface area (Å²) in [4.78, 5) is 14.7. The number of para-hydroxylation sites is 1. The van der Waals surface area contributed by atoms with Crippen molar-refractivity contribution in [1.82, 2.24) is 14.8 Å². The fourth-order valence-corrected chi connectivity index (χ4v) is 4.30. The largest absolute Gasteiger partial charge is 0.315 e. The van der Waals surface area contributed by atoms with E-state index in [0.717, 1.165) is 16.8 Å². The van der Waals surface area contributed by atoms with Crippen LogP contribution in [-0.2, 0) is 11.3 Å². The van der Waals surface area contributed by atoms with Gasteiger partial charge in [0.25, 0.3) is 0 Å². The quantitative estimate of drug-likeness (QED) is 0.363. The van der Waals surface area contributed by atoms with E-state index < -0.39 is 0 Å². The topological polar surface area (TPSA) is 51.0 Å². The Bertz CT molecular complexity index is 1180. The number of thioether (sulfide) groups is 1. The van der Waals surface area contributed by atoms with Gasteiger partial charge in [0, 0.05) is 18.3 Å². The molecule has 5 nitrogen and oxygen atoms in total. The van der Waals surface area contributed by atoms with Gasteiger partial charge in [-0.1, -0.05) is 60.3 Å². The number of hydrogen-bond donors (Lipinski definition) is 0. The van der Waals surface area contributed by atoms with Crippen LogP contribution in [0.3, 0.4) is 0 Å². The van der Waals surface area contributed by atoms with Crippen molar-refractivity contribution in [2.24, 2.45) is 0 Å². The number of amides is 1. The first kappa shape index (κ1) is 21.8. The van der Waals surface area contributed by atoms with Crippen molar-refractivity contribution in [3.05, 3.63) is 96.3 Å². The lowest BCUT2D eigenvalue weighted by atomic mass is 10.2. The van der Waals surface area contributed by atoms with Crippen LogP contribution in [0.5, 0.6) is 0 Å². The zero-order chi connectivity index (χ0) is 22.5. The molecule has 1 atom stereocenters. The van der Waals surface area contributed by atoms with Gasteiger partial charge in [0.1, 0.15) is 5.82 Å². The normalized spacial score (nSPS) is 11.8. The standard InChI is InChI=1S/C25H23FN4OS/c1-18(24(31)29(2)22-11-7-4-8-12-22)32-25-28-27-23(20-13-15-21(26)16-14-20)30(25)17-19-9-5-3-6-10-19/h3-16,18H,17H2,1-2H3. The summed E-state index contributed by atoms with van der Waals surface area (Å²) in [5.41, 5.74) is 2.68. The summed E-state index contributed by atoms with van der Waals surface area (Å²) >= 11 is 1.36. The number of aromatic nitrogens is 3. The molecule has 0 fully saturated rings. The maximum Gasteiger partial charge on any atom is 0.240 e. The first-order valence-electron chi connectivity index (χ1n) is 10.3. The molecular formula is C25H23FN4OS. The third-order valence-electron chi connectivity index (χ3n) is 5.11. The molecule has 1 unspecified atom stereocenters. The zero-order valence-corrected chi connectivity index (χ0v) is 18.7. The maximum atomic E-state index is 13.4. The van der Waals surface area contributed by atoms with E-state index in [1.807, 2.05) is 72.2 Å². The molecule has 1 aromatic heterocycles. The molecule has 162 valence electrons. The molecule has 0 N–H and O–H groups in total. The van der Waals surface area contributed by atoms with Crippen LogP contribution in [0.15, 0.2) is 90.1 Å². The van der Waals surface area contributed by atoms with Gasteiger partial charge in [0.05, 0.1) is 11.8 Å². The van der Waals surface area contributed by atoms with E-state index in [-0.39, 0.29) is 17.0 Å². The van der Waals surface area contributed by atoms with Crippen LogP contribution in [0, 0.1) is 5.82 Å². The third-order valence-corrected chi connectivity index (χ3v) is 6.17. The van der Waals surface area contributed by atoms with E-state index in [0.29, 0.717) is 17.5 Å². The van der Waals surface area contributed by atoms with Gasteiger partial charge < -0.3 is 4.90 Å². The predicted octanol–water partition coefficient (Wildman–Crippen LogP) is 5.28. The Labute approximate surface area is 190 Å².